The number of aromatic hydroxyl groups is 1. The summed E-state index contributed by atoms with van der Waals surface area (Å²) in [5, 5.41) is 12.0. The summed E-state index contributed by atoms with van der Waals surface area (Å²) >= 11 is 6.28. The summed E-state index contributed by atoms with van der Waals surface area (Å²) in [4.78, 5) is 30.7. The van der Waals surface area contributed by atoms with Gasteiger partial charge in [0.25, 0.3) is 0 Å². The molecule has 10 nitrogen and oxygen atoms in total. The number of benzene rings is 1. The maximum atomic E-state index is 10.6. The van der Waals surface area contributed by atoms with Gasteiger partial charge in [0.2, 0.25) is 11.9 Å². The number of H-pyrrole nitrogens is 1. The van der Waals surface area contributed by atoms with Gasteiger partial charge in [0.15, 0.2) is 0 Å². The second-order valence-corrected chi connectivity index (χ2v) is 9.29. The fourth-order valence-corrected chi connectivity index (χ4v) is 5.24. The first kappa shape index (κ1) is 22.0. The van der Waals surface area contributed by atoms with Gasteiger partial charge < -0.3 is 24.6 Å². The van der Waals surface area contributed by atoms with Crippen LogP contribution < -0.4 is 9.80 Å². The molecule has 2 aliphatic rings. The van der Waals surface area contributed by atoms with E-state index in [-0.39, 0.29) is 11.8 Å². The first-order chi connectivity index (χ1) is 17.0. The van der Waals surface area contributed by atoms with E-state index in [1.807, 2.05) is 32.3 Å². The highest BCUT2D eigenvalue weighted by Crippen LogP contribution is 2.42. The number of phenolic OH excluding ortho intramolecular Hbond substituents is 1. The molecule has 11 heteroatoms. The van der Waals surface area contributed by atoms with E-state index in [4.69, 9.17) is 26.3 Å². The Bertz CT molecular complexity index is 1380. The van der Waals surface area contributed by atoms with Crippen LogP contribution in [0.15, 0.2) is 24.5 Å². The summed E-state index contributed by atoms with van der Waals surface area (Å²) in [5.41, 5.74) is 3.62. The number of aryl methyl sites for hydroxylation is 2. The third-order valence-corrected chi connectivity index (χ3v) is 6.77. The van der Waals surface area contributed by atoms with E-state index in [0.29, 0.717) is 53.8 Å². The van der Waals surface area contributed by atoms with Crippen LogP contribution in [0.2, 0.25) is 5.02 Å². The Morgan fingerprint density at radius 2 is 1.71 bits per heavy atom. The van der Waals surface area contributed by atoms with Crippen LogP contribution in [0.1, 0.15) is 34.5 Å². The molecule has 1 atom stereocenters. The number of hydrogen-bond donors (Lipinski definition) is 2. The second kappa shape index (κ2) is 8.62. The number of phenols is 1. The summed E-state index contributed by atoms with van der Waals surface area (Å²) in [6.07, 6.45) is 4.47. The molecule has 6 rings (SSSR count). The molecule has 0 spiro atoms. The van der Waals surface area contributed by atoms with E-state index < -0.39 is 0 Å². The van der Waals surface area contributed by atoms with Crippen LogP contribution in [-0.2, 0) is 11.2 Å². The van der Waals surface area contributed by atoms with Gasteiger partial charge in [0, 0.05) is 59.8 Å². The number of rotatable bonds is 3. The largest absolute Gasteiger partial charge is 0.506 e. The fraction of sp³-hybridized carbons (Fsp3) is 0.375. The zero-order valence-corrected chi connectivity index (χ0v) is 20.2. The molecular formula is C24H25ClN8O2. The minimum atomic E-state index is -0.274. The Hall–Kier alpha value is -3.50. The van der Waals surface area contributed by atoms with Crippen molar-refractivity contribution in [2.45, 2.75) is 26.3 Å². The lowest BCUT2D eigenvalue weighted by Crippen LogP contribution is -2.39. The van der Waals surface area contributed by atoms with Gasteiger partial charge in [0.1, 0.15) is 23.4 Å². The van der Waals surface area contributed by atoms with E-state index >= 15 is 0 Å². The molecule has 2 N–H and O–H groups in total. The maximum absolute atomic E-state index is 10.6. The highest BCUT2D eigenvalue weighted by Gasteiger charge is 2.35. The second-order valence-electron chi connectivity index (χ2n) is 8.86. The van der Waals surface area contributed by atoms with Crippen molar-refractivity contribution in [3.05, 3.63) is 58.0 Å². The molecule has 2 aliphatic heterocycles. The smallest absolute Gasteiger partial charge is 0.229 e. The molecule has 1 aromatic carbocycles. The Balaban J connectivity index is 1.48. The highest BCUT2D eigenvalue weighted by atomic mass is 35.5. The molecule has 4 aromatic rings. The van der Waals surface area contributed by atoms with Crippen molar-refractivity contribution >= 4 is 34.4 Å². The van der Waals surface area contributed by atoms with E-state index in [0.717, 1.165) is 41.7 Å². The number of morpholine rings is 1. The Morgan fingerprint density at radius 3 is 2.43 bits per heavy atom. The third kappa shape index (κ3) is 3.92. The van der Waals surface area contributed by atoms with E-state index in [1.165, 1.54) is 0 Å². The van der Waals surface area contributed by atoms with Crippen LogP contribution in [0, 0.1) is 13.8 Å². The molecule has 0 saturated carbocycles. The van der Waals surface area contributed by atoms with Crippen LogP contribution in [0.25, 0.3) is 10.9 Å². The lowest BCUT2D eigenvalue weighted by molar-refractivity contribution is 0.122. The number of halogens is 1. The third-order valence-electron chi connectivity index (χ3n) is 6.55. The van der Waals surface area contributed by atoms with Crippen molar-refractivity contribution in [2.75, 3.05) is 42.6 Å². The van der Waals surface area contributed by atoms with Crippen molar-refractivity contribution in [2.24, 2.45) is 0 Å². The molecule has 180 valence electrons. The van der Waals surface area contributed by atoms with Gasteiger partial charge in [-0.25, -0.2) is 15.0 Å². The molecule has 1 saturated heterocycles. The van der Waals surface area contributed by atoms with Crippen LogP contribution in [0.4, 0.5) is 11.9 Å². The minimum Gasteiger partial charge on any atom is -0.506 e. The molecular weight excluding hydrogens is 468 g/mol. The fourth-order valence-electron chi connectivity index (χ4n) is 5.03. The van der Waals surface area contributed by atoms with E-state index in [9.17, 15) is 5.11 Å². The number of hydrogen-bond acceptors (Lipinski definition) is 9. The lowest BCUT2D eigenvalue weighted by atomic mass is 9.94. The summed E-state index contributed by atoms with van der Waals surface area (Å²) < 4.78 is 5.45. The van der Waals surface area contributed by atoms with Gasteiger partial charge in [-0.1, -0.05) is 11.6 Å². The number of ether oxygens (including phenoxy) is 1. The number of nitrogens with zero attached hydrogens (tertiary/aromatic N) is 7. The average molecular weight is 493 g/mol. The minimum absolute atomic E-state index is 0.123. The number of aromatic nitrogens is 6. The molecule has 3 aromatic heterocycles. The molecule has 1 fully saturated rings. The van der Waals surface area contributed by atoms with Crippen LogP contribution in [-0.4, -0.2) is 67.9 Å². The van der Waals surface area contributed by atoms with Gasteiger partial charge >= 0.3 is 0 Å². The van der Waals surface area contributed by atoms with Crippen molar-refractivity contribution in [1.29, 1.82) is 0 Å². The molecule has 1 unspecified atom stereocenters. The Labute approximate surface area is 207 Å². The standard InChI is InChI=1S/C24H25ClN8O2/c1-13-28-14(2)30-24(29-13)33-4-3-17-18-9-16(25)10-19(34)20(18)31-21(17)22(33)15-11-26-23(27-12-15)32-5-7-35-8-6-32/h9-12,22,31,34H,3-8H2,1-2H3. The highest BCUT2D eigenvalue weighted by molar-refractivity contribution is 6.31. The van der Waals surface area contributed by atoms with Crippen molar-refractivity contribution in [3.63, 3.8) is 0 Å². The average Bonchev–Trinajstić information content (AvgIpc) is 3.22. The van der Waals surface area contributed by atoms with Crippen LogP contribution >= 0.6 is 11.6 Å². The van der Waals surface area contributed by atoms with Crippen LogP contribution in [0.3, 0.4) is 0 Å². The molecule has 0 radical (unpaired) electrons. The number of anilines is 2. The summed E-state index contributed by atoms with van der Waals surface area (Å²) in [5.74, 6) is 2.74. The van der Waals surface area contributed by atoms with E-state index in [2.05, 4.69) is 29.7 Å². The van der Waals surface area contributed by atoms with Gasteiger partial charge in [-0.3, -0.25) is 0 Å². The molecule has 0 amide bonds. The molecule has 5 heterocycles. The van der Waals surface area contributed by atoms with E-state index in [1.54, 1.807) is 6.07 Å². The van der Waals surface area contributed by atoms with Gasteiger partial charge in [-0.05, 0) is 31.9 Å². The topological polar surface area (TPSA) is 116 Å². The number of aromatic amines is 1. The Morgan fingerprint density at radius 1 is 1.00 bits per heavy atom. The number of fused-ring (bicyclic) bond motifs is 3. The SMILES string of the molecule is Cc1nc(C)nc(N2CCc3c([nH]c4c(O)cc(Cl)cc34)C2c2cnc(N3CCOCC3)nc2)n1. The van der Waals surface area contributed by atoms with Crippen molar-refractivity contribution in [1.82, 2.24) is 29.9 Å². The summed E-state index contributed by atoms with van der Waals surface area (Å²) in [6, 6.07) is 3.18. The molecule has 0 bridgehead atoms. The zero-order chi connectivity index (χ0) is 24.1. The summed E-state index contributed by atoms with van der Waals surface area (Å²) in [6.45, 7) is 7.28. The molecule has 35 heavy (non-hydrogen) atoms. The Kier molecular flexibility index (Phi) is 5.42. The monoisotopic (exact) mass is 492 g/mol. The first-order valence-electron chi connectivity index (χ1n) is 11.6. The maximum Gasteiger partial charge on any atom is 0.229 e. The molecule has 0 aliphatic carbocycles. The van der Waals surface area contributed by atoms with Gasteiger partial charge in [-0.15, -0.1) is 0 Å². The van der Waals surface area contributed by atoms with Gasteiger partial charge in [0.05, 0.1) is 18.7 Å². The lowest BCUT2D eigenvalue weighted by Gasteiger charge is -2.36. The van der Waals surface area contributed by atoms with Gasteiger partial charge in [-0.2, -0.15) is 9.97 Å². The normalized spacial score (nSPS) is 18.2. The quantitative estimate of drug-likeness (QED) is 0.445. The predicted molar refractivity (Wildman–Crippen MR) is 132 cm³/mol. The zero-order valence-electron chi connectivity index (χ0n) is 19.5. The van der Waals surface area contributed by atoms with Crippen molar-refractivity contribution < 1.29 is 9.84 Å². The van der Waals surface area contributed by atoms with Crippen LogP contribution in [0.5, 0.6) is 5.75 Å². The predicted octanol–water partition coefficient (Wildman–Crippen LogP) is 3.11. The van der Waals surface area contributed by atoms with Crippen molar-refractivity contribution in [3.8, 4) is 5.75 Å². The summed E-state index contributed by atoms with van der Waals surface area (Å²) in [7, 11) is 0. The number of nitrogens with one attached hydrogen (secondary N) is 1. The first-order valence-corrected chi connectivity index (χ1v) is 12.0.